The average molecular weight is 360 g/mol. The minimum atomic E-state index is -0.647. The first-order valence-electron chi connectivity index (χ1n) is 5.30. The second-order valence-corrected chi connectivity index (χ2v) is 5.64. The Bertz CT molecular complexity index is 701. The van der Waals surface area contributed by atoms with Crippen molar-refractivity contribution in [2.45, 2.75) is 6.92 Å². The number of thiophene rings is 1. The van der Waals surface area contributed by atoms with Crippen molar-refractivity contribution in [3.63, 3.8) is 0 Å². The highest BCUT2D eigenvalue weighted by Gasteiger charge is 2.23. The summed E-state index contributed by atoms with van der Waals surface area (Å²) in [5, 5.41) is 10.9. The van der Waals surface area contributed by atoms with Crippen LogP contribution in [0.1, 0.15) is 16.6 Å². The molecular formula is C12H7BrFNO4S. The first kappa shape index (κ1) is 14.6. The van der Waals surface area contributed by atoms with Gasteiger partial charge in [0, 0.05) is 12.1 Å². The molecule has 1 aromatic heterocycles. The quantitative estimate of drug-likeness (QED) is 0.456. The van der Waals surface area contributed by atoms with Gasteiger partial charge in [-0.1, -0.05) is 11.3 Å². The van der Waals surface area contributed by atoms with E-state index in [0.717, 1.165) is 23.5 Å². The van der Waals surface area contributed by atoms with Gasteiger partial charge in [0.1, 0.15) is 11.6 Å². The summed E-state index contributed by atoms with van der Waals surface area (Å²) in [6, 6.07) is 4.90. The second kappa shape index (κ2) is 5.68. The van der Waals surface area contributed by atoms with E-state index in [2.05, 4.69) is 15.9 Å². The van der Waals surface area contributed by atoms with Crippen LogP contribution in [0.25, 0.3) is 0 Å². The van der Waals surface area contributed by atoms with Gasteiger partial charge in [0.2, 0.25) is 0 Å². The van der Waals surface area contributed by atoms with E-state index < -0.39 is 10.7 Å². The molecule has 0 fully saturated rings. The average Bonchev–Trinajstić information content (AvgIpc) is 2.78. The minimum absolute atomic E-state index is 0.0634. The zero-order valence-electron chi connectivity index (χ0n) is 10.1. The number of hydrogen-bond acceptors (Lipinski definition) is 5. The topological polar surface area (TPSA) is 69.4 Å². The minimum Gasteiger partial charge on any atom is -0.439 e. The first-order valence-corrected chi connectivity index (χ1v) is 6.91. The maximum absolute atomic E-state index is 13.2. The molecule has 0 unspecified atom stereocenters. The number of ketones is 1. The number of benzene rings is 1. The van der Waals surface area contributed by atoms with Crippen molar-refractivity contribution in [3.8, 4) is 10.8 Å². The molecule has 5 nitrogen and oxygen atoms in total. The largest absolute Gasteiger partial charge is 0.439 e. The highest BCUT2D eigenvalue weighted by molar-refractivity contribution is 9.10. The highest BCUT2D eigenvalue weighted by atomic mass is 79.9. The SMILES string of the molecule is CC(=O)c1cc([N+](=O)[O-])c(Oc2cc(F)ccc2Br)s1. The van der Waals surface area contributed by atoms with Gasteiger partial charge in [-0.15, -0.1) is 0 Å². The van der Waals surface area contributed by atoms with E-state index >= 15 is 0 Å². The normalized spacial score (nSPS) is 10.3. The Morgan fingerprint density at radius 1 is 1.45 bits per heavy atom. The molecule has 2 rings (SSSR count). The van der Waals surface area contributed by atoms with E-state index in [1.807, 2.05) is 0 Å². The Kier molecular flexibility index (Phi) is 4.15. The molecule has 0 saturated heterocycles. The van der Waals surface area contributed by atoms with E-state index in [1.54, 1.807) is 0 Å². The molecule has 2 aromatic rings. The molecule has 20 heavy (non-hydrogen) atoms. The van der Waals surface area contributed by atoms with Gasteiger partial charge >= 0.3 is 5.69 Å². The fraction of sp³-hybridized carbons (Fsp3) is 0.0833. The van der Waals surface area contributed by atoms with Crippen molar-refractivity contribution in [1.82, 2.24) is 0 Å². The number of carbonyl (C=O) groups excluding carboxylic acids is 1. The molecule has 0 amide bonds. The zero-order chi connectivity index (χ0) is 14.9. The lowest BCUT2D eigenvalue weighted by Gasteiger charge is -2.05. The van der Waals surface area contributed by atoms with Crippen LogP contribution < -0.4 is 4.74 Å². The van der Waals surface area contributed by atoms with E-state index in [1.165, 1.54) is 19.1 Å². The van der Waals surface area contributed by atoms with Gasteiger partial charge in [0.15, 0.2) is 5.78 Å². The summed E-state index contributed by atoms with van der Waals surface area (Å²) in [7, 11) is 0. The third-order valence-corrected chi connectivity index (χ3v) is 4.08. The first-order chi connectivity index (χ1) is 9.38. The van der Waals surface area contributed by atoms with Crippen LogP contribution in [0.15, 0.2) is 28.7 Å². The fourth-order valence-corrected chi connectivity index (χ4v) is 2.60. The molecule has 0 radical (unpaired) electrons. The number of Topliss-reactive ketones (excluding diaryl/α,β-unsaturated/α-hetero) is 1. The molecule has 0 aliphatic heterocycles. The van der Waals surface area contributed by atoms with Crippen molar-refractivity contribution < 1.29 is 18.8 Å². The molecule has 0 saturated carbocycles. The fourth-order valence-electron chi connectivity index (χ4n) is 1.39. The van der Waals surface area contributed by atoms with E-state index in [4.69, 9.17) is 4.74 Å². The van der Waals surface area contributed by atoms with Gasteiger partial charge in [-0.25, -0.2) is 4.39 Å². The monoisotopic (exact) mass is 359 g/mol. The maximum Gasteiger partial charge on any atom is 0.323 e. The predicted octanol–water partition coefficient (Wildman–Crippen LogP) is 4.55. The molecular weight excluding hydrogens is 353 g/mol. The Morgan fingerprint density at radius 3 is 2.75 bits per heavy atom. The van der Waals surface area contributed by atoms with Gasteiger partial charge in [-0.05, 0) is 35.0 Å². The Labute approximate surface area is 125 Å². The van der Waals surface area contributed by atoms with Crippen molar-refractivity contribution in [3.05, 3.63) is 49.5 Å². The number of rotatable bonds is 4. The lowest BCUT2D eigenvalue weighted by atomic mass is 10.3. The van der Waals surface area contributed by atoms with Crippen molar-refractivity contribution in [2.75, 3.05) is 0 Å². The molecule has 104 valence electrons. The molecule has 0 aliphatic carbocycles. The van der Waals surface area contributed by atoms with Gasteiger partial charge in [-0.2, -0.15) is 0 Å². The van der Waals surface area contributed by atoms with Gasteiger partial charge in [0.05, 0.1) is 14.3 Å². The zero-order valence-corrected chi connectivity index (χ0v) is 12.5. The van der Waals surface area contributed by atoms with Crippen molar-refractivity contribution in [1.29, 1.82) is 0 Å². The third-order valence-electron chi connectivity index (χ3n) is 2.32. The second-order valence-electron chi connectivity index (χ2n) is 3.77. The molecule has 8 heteroatoms. The van der Waals surface area contributed by atoms with E-state index in [0.29, 0.717) is 4.47 Å². The summed E-state index contributed by atoms with van der Waals surface area (Å²) < 4.78 is 19.0. The van der Waals surface area contributed by atoms with Gasteiger partial charge in [0.25, 0.3) is 5.06 Å². The molecule has 1 heterocycles. The Hall–Kier alpha value is -1.80. The Morgan fingerprint density at radius 2 is 2.15 bits per heavy atom. The molecule has 0 atom stereocenters. The number of ether oxygens (including phenoxy) is 1. The molecule has 0 aliphatic rings. The van der Waals surface area contributed by atoms with Crippen LogP contribution in [0.5, 0.6) is 10.8 Å². The third kappa shape index (κ3) is 3.02. The van der Waals surface area contributed by atoms with Crippen LogP contribution in [-0.4, -0.2) is 10.7 Å². The predicted molar refractivity (Wildman–Crippen MR) is 75.2 cm³/mol. The number of nitro groups is 1. The highest BCUT2D eigenvalue weighted by Crippen LogP contribution is 2.41. The maximum atomic E-state index is 13.2. The summed E-state index contributed by atoms with van der Waals surface area (Å²) in [5.74, 6) is -0.731. The number of halogens is 2. The van der Waals surface area contributed by atoms with E-state index in [9.17, 15) is 19.3 Å². The number of carbonyl (C=O) groups is 1. The lowest BCUT2D eigenvalue weighted by molar-refractivity contribution is -0.385. The summed E-state index contributed by atoms with van der Waals surface area (Å²) in [4.78, 5) is 21.8. The number of nitrogens with zero attached hydrogens (tertiary/aromatic N) is 1. The van der Waals surface area contributed by atoms with Gasteiger partial charge in [-0.3, -0.25) is 14.9 Å². The van der Waals surface area contributed by atoms with Crippen LogP contribution in [0.3, 0.4) is 0 Å². The molecule has 1 aromatic carbocycles. The summed E-state index contributed by atoms with van der Waals surface area (Å²) >= 11 is 4.01. The van der Waals surface area contributed by atoms with Crippen LogP contribution in [0.2, 0.25) is 0 Å². The van der Waals surface area contributed by atoms with Gasteiger partial charge < -0.3 is 4.74 Å². The Balaban J connectivity index is 2.44. The lowest BCUT2D eigenvalue weighted by Crippen LogP contribution is -1.90. The van der Waals surface area contributed by atoms with Crippen LogP contribution >= 0.6 is 27.3 Å². The molecule has 0 N–H and O–H groups in total. The molecule has 0 spiro atoms. The summed E-state index contributed by atoms with van der Waals surface area (Å²) in [6.45, 7) is 1.30. The summed E-state index contributed by atoms with van der Waals surface area (Å²) in [5.41, 5.74) is -0.323. The smallest absolute Gasteiger partial charge is 0.323 e. The molecule has 0 bridgehead atoms. The van der Waals surface area contributed by atoms with Crippen molar-refractivity contribution in [2.24, 2.45) is 0 Å². The van der Waals surface area contributed by atoms with E-state index in [-0.39, 0.29) is 27.2 Å². The van der Waals surface area contributed by atoms with Crippen LogP contribution in [-0.2, 0) is 0 Å². The van der Waals surface area contributed by atoms with Crippen LogP contribution in [0.4, 0.5) is 10.1 Å². The number of hydrogen-bond donors (Lipinski definition) is 0. The van der Waals surface area contributed by atoms with Crippen LogP contribution in [0, 0.1) is 15.9 Å². The standard InChI is InChI=1S/C12H7BrFNO4S/c1-6(16)11-5-9(15(17)18)12(20-11)19-10-4-7(14)2-3-8(10)13/h2-5H,1H3. The summed E-state index contributed by atoms with van der Waals surface area (Å²) in [6.07, 6.45) is 0. The van der Waals surface area contributed by atoms with Crippen molar-refractivity contribution >= 4 is 38.7 Å².